The Hall–Kier alpha value is -2.61. The molecule has 21 heteroatoms. The fourth-order valence-electron chi connectivity index (χ4n) is 5.27. The molecule has 0 amide bonds. The van der Waals surface area contributed by atoms with Crippen molar-refractivity contribution < 1.29 is 103 Å². The number of aliphatic hydroxyl groups is 8. The van der Waals surface area contributed by atoms with E-state index in [2.05, 4.69) is 0 Å². The van der Waals surface area contributed by atoms with Crippen molar-refractivity contribution in [3.05, 3.63) is 0 Å². The van der Waals surface area contributed by atoms with E-state index in [1.807, 2.05) is 0 Å². The van der Waals surface area contributed by atoms with Crippen molar-refractivity contribution in [2.75, 3.05) is 34.0 Å². The second-order valence-electron chi connectivity index (χ2n) is 10.8. The molecule has 0 aromatic heterocycles. The summed E-state index contributed by atoms with van der Waals surface area (Å²) in [6.07, 6.45) is -18.3. The zero-order valence-corrected chi connectivity index (χ0v) is 30.4. The molecule has 0 bridgehead atoms. The summed E-state index contributed by atoms with van der Waals surface area (Å²) >= 11 is 0. The van der Waals surface area contributed by atoms with Gasteiger partial charge in [-0.3, -0.25) is 9.59 Å². The summed E-state index contributed by atoms with van der Waals surface area (Å²) < 4.78 is 44.0. The van der Waals surface area contributed by atoms with Gasteiger partial charge in [-0.05, 0) is 20.8 Å². The molecule has 52 heavy (non-hydrogen) atoms. The van der Waals surface area contributed by atoms with Crippen LogP contribution in [0.3, 0.4) is 0 Å². The van der Waals surface area contributed by atoms with Gasteiger partial charge in [0.05, 0.1) is 25.9 Å². The number of carbonyl (C=O) groups is 5. The van der Waals surface area contributed by atoms with Crippen LogP contribution >= 0.6 is 0 Å². The zero-order valence-electron chi connectivity index (χ0n) is 30.4. The third-order valence-electron chi connectivity index (χ3n) is 7.25. The van der Waals surface area contributed by atoms with E-state index in [1.165, 1.54) is 27.9 Å². The predicted molar refractivity (Wildman–Crippen MR) is 172 cm³/mol. The lowest BCUT2D eigenvalue weighted by Gasteiger charge is -2.49. The Balaban J connectivity index is 0. The largest absolute Gasteiger partial charge is 0.457 e. The van der Waals surface area contributed by atoms with Gasteiger partial charge in [0.25, 0.3) is 0 Å². The van der Waals surface area contributed by atoms with Crippen LogP contribution in [0.4, 0.5) is 0 Å². The highest BCUT2D eigenvalue weighted by atomic mass is 16.8. The van der Waals surface area contributed by atoms with Crippen LogP contribution in [-0.4, -0.2) is 192 Å². The molecule has 306 valence electrons. The average Bonchev–Trinajstić information content (AvgIpc) is 3.10. The lowest BCUT2D eigenvalue weighted by Crippen LogP contribution is -2.66. The lowest BCUT2D eigenvalue weighted by molar-refractivity contribution is -0.376. The standard InChI is InChI=1S/C24H40O17.3C2H4O.CH4O/c1-8-17(34-4)11(5-25)39-24(18(8)35-9(2)28)40-19-12(6-26)38-23(15(31)14(19)30)41-20-13(7-27)37-22(33)16(32)21(20)36-10(3)29;3*1-2-3;1-2/h8,11-27,30-33H,5-7H2,1-4H3;3*2H,1H3;2H,1H3/t8-,11?,12?,13?,14-,15?,16?,17-,18?,19+,20+,21-,22?,23?,24?;;;;/m1..../s1. The van der Waals surface area contributed by atoms with E-state index in [4.69, 9.17) is 57.4 Å². The average molecular weight is 765 g/mol. The van der Waals surface area contributed by atoms with Gasteiger partial charge in [0.15, 0.2) is 31.1 Å². The minimum Gasteiger partial charge on any atom is -0.457 e. The van der Waals surface area contributed by atoms with Crippen LogP contribution in [0.2, 0.25) is 0 Å². The number of hydrogen-bond acceptors (Lipinski definition) is 21. The molecule has 0 aliphatic carbocycles. The van der Waals surface area contributed by atoms with Gasteiger partial charge in [0.1, 0.15) is 67.7 Å². The summed E-state index contributed by atoms with van der Waals surface area (Å²) in [5.74, 6) is -2.09. The maximum Gasteiger partial charge on any atom is 0.303 e. The monoisotopic (exact) mass is 764 g/mol. The minimum absolute atomic E-state index is 0.485. The summed E-state index contributed by atoms with van der Waals surface area (Å²) in [5.41, 5.74) is 0. The van der Waals surface area contributed by atoms with E-state index in [0.717, 1.165) is 39.8 Å². The second kappa shape index (κ2) is 27.9. The summed E-state index contributed by atoms with van der Waals surface area (Å²) in [7, 11) is 2.39. The second-order valence-corrected chi connectivity index (χ2v) is 10.8. The van der Waals surface area contributed by atoms with Crippen LogP contribution in [-0.2, 0) is 61.9 Å². The highest BCUT2D eigenvalue weighted by Gasteiger charge is 2.54. The Kier molecular flexibility index (Phi) is 27.6. The third kappa shape index (κ3) is 15.4. The number of methoxy groups -OCH3 is 1. The molecule has 3 saturated heterocycles. The normalized spacial score (nSPS) is 36.5. The van der Waals surface area contributed by atoms with Gasteiger partial charge in [-0.1, -0.05) is 6.92 Å². The molecular formula is C31H56O21. The Morgan fingerprint density at radius 3 is 1.40 bits per heavy atom. The summed E-state index contributed by atoms with van der Waals surface area (Å²) in [6.45, 7) is 6.17. The molecule has 0 aromatic carbocycles. The number of hydrogen-bond donors (Lipinski definition) is 8. The first kappa shape index (κ1) is 51.5. The molecular weight excluding hydrogens is 708 g/mol. The number of carbonyl (C=O) groups excluding carboxylic acids is 5. The number of ether oxygens (including phenoxy) is 8. The summed E-state index contributed by atoms with van der Waals surface area (Å²) in [5, 5.41) is 78.8. The van der Waals surface area contributed by atoms with Crippen LogP contribution in [0.25, 0.3) is 0 Å². The zero-order chi connectivity index (χ0) is 40.7. The fraction of sp³-hybridized carbons (Fsp3) is 0.839. The van der Waals surface area contributed by atoms with E-state index >= 15 is 0 Å². The predicted octanol–water partition coefficient (Wildman–Crippen LogP) is -4.28. The molecule has 21 nitrogen and oxygen atoms in total. The van der Waals surface area contributed by atoms with Gasteiger partial charge in [0.2, 0.25) is 0 Å². The molecule has 9 unspecified atom stereocenters. The van der Waals surface area contributed by atoms with Crippen molar-refractivity contribution in [3.63, 3.8) is 0 Å². The van der Waals surface area contributed by atoms with Crippen LogP contribution in [0.5, 0.6) is 0 Å². The van der Waals surface area contributed by atoms with Crippen molar-refractivity contribution in [3.8, 4) is 0 Å². The van der Waals surface area contributed by atoms with Crippen molar-refractivity contribution in [2.45, 2.75) is 128 Å². The van der Waals surface area contributed by atoms with Crippen LogP contribution < -0.4 is 0 Å². The minimum atomic E-state index is -1.89. The van der Waals surface area contributed by atoms with Crippen LogP contribution in [0.15, 0.2) is 0 Å². The SMILES string of the molecule is CC=O.CC=O.CC=O.CO.CO[C@H]1C(CO)OC(O[C@H]2C(CO)OC(O[C@H]3C(CO)OC(O)C(O)[C@H]3OC(C)=O)C(O)[C@H]2O)C(OC(C)=O)[C@@H]1C. The quantitative estimate of drug-likeness (QED) is 0.0771. The highest BCUT2D eigenvalue weighted by molar-refractivity contribution is 5.66. The molecule has 3 aliphatic rings. The van der Waals surface area contributed by atoms with Gasteiger partial charge >= 0.3 is 11.9 Å². The first-order valence-corrected chi connectivity index (χ1v) is 16.0. The van der Waals surface area contributed by atoms with Crippen molar-refractivity contribution in [2.24, 2.45) is 5.92 Å². The van der Waals surface area contributed by atoms with E-state index in [-0.39, 0.29) is 0 Å². The Morgan fingerprint density at radius 2 is 0.981 bits per heavy atom. The van der Waals surface area contributed by atoms with E-state index in [0.29, 0.717) is 0 Å². The van der Waals surface area contributed by atoms with Gasteiger partial charge in [-0.25, -0.2) is 0 Å². The lowest BCUT2D eigenvalue weighted by atomic mass is 9.90. The van der Waals surface area contributed by atoms with Crippen molar-refractivity contribution in [1.29, 1.82) is 0 Å². The van der Waals surface area contributed by atoms with Gasteiger partial charge in [-0.15, -0.1) is 0 Å². The third-order valence-corrected chi connectivity index (χ3v) is 7.25. The Labute approximate surface area is 301 Å². The van der Waals surface area contributed by atoms with Gasteiger partial charge in [0, 0.05) is 34.0 Å². The first-order valence-electron chi connectivity index (χ1n) is 16.0. The molecule has 3 fully saturated rings. The fourth-order valence-corrected chi connectivity index (χ4v) is 5.27. The Morgan fingerprint density at radius 1 is 0.596 bits per heavy atom. The number of esters is 2. The maximum atomic E-state index is 11.8. The maximum absolute atomic E-state index is 11.8. The van der Waals surface area contributed by atoms with E-state index in [1.54, 1.807) is 6.92 Å². The van der Waals surface area contributed by atoms with Crippen molar-refractivity contribution in [1.82, 2.24) is 0 Å². The molecule has 0 aromatic rings. The van der Waals surface area contributed by atoms with Crippen LogP contribution in [0.1, 0.15) is 41.5 Å². The molecule has 0 spiro atoms. The number of aliphatic hydroxyl groups excluding tert-OH is 8. The number of rotatable bonds is 10. The molecule has 3 aliphatic heterocycles. The molecule has 15 atom stereocenters. The van der Waals surface area contributed by atoms with Crippen LogP contribution in [0, 0.1) is 5.92 Å². The molecule has 3 rings (SSSR count). The molecule has 0 saturated carbocycles. The first-order chi connectivity index (χ1) is 24.6. The van der Waals surface area contributed by atoms with E-state index < -0.39 is 124 Å². The molecule has 0 radical (unpaired) electrons. The summed E-state index contributed by atoms with van der Waals surface area (Å²) in [6, 6.07) is 0. The topological polar surface area (TPSA) is 321 Å². The number of aldehydes is 3. The van der Waals surface area contributed by atoms with E-state index in [9.17, 15) is 45.3 Å². The molecule has 3 heterocycles. The van der Waals surface area contributed by atoms with Gasteiger partial charge in [-0.2, -0.15) is 0 Å². The Bertz CT molecular complexity index is 985. The molecule has 8 N–H and O–H groups in total. The smallest absolute Gasteiger partial charge is 0.303 e. The highest BCUT2D eigenvalue weighted by Crippen LogP contribution is 2.35. The van der Waals surface area contributed by atoms with Crippen molar-refractivity contribution >= 4 is 30.8 Å². The summed E-state index contributed by atoms with van der Waals surface area (Å²) in [4.78, 5) is 49.9. The van der Waals surface area contributed by atoms with Gasteiger partial charge < -0.3 is 93.1 Å².